The molecule has 1 N–H and O–H groups in total. The number of hydrogen-bond donors (Lipinski definition) is 1. The van der Waals surface area contributed by atoms with E-state index in [2.05, 4.69) is 21.2 Å². The average molecular weight is 342 g/mol. The summed E-state index contributed by atoms with van der Waals surface area (Å²) in [5, 5.41) is 2.93. The van der Waals surface area contributed by atoms with Crippen LogP contribution in [0.1, 0.15) is 44.0 Å². The van der Waals surface area contributed by atoms with Crippen molar-refractivity contribution in [2.45, 2.75) is 45.8 Å². The van der Waals surface area contributed by atoms with Crippen LogP contribution >= 0.6 is 15.9 Å². The van der Waals surface area contributed by atoms with Crippen molar-refractivity contribution in [3.05, 3.63) is 28.2 Å². The van der Waals surface area contributed by atoms with E-state index in [1.807, 2.05) is 13.8 Å². The number of halogens is 1. The SMILES string of the molecule is CCC(CC)NC(=O)C(C)Oc1ccc(Br)c(C=O)c1. The zero-order valence-electron chi connectivity index (χ0n) is 12.0. The number of rotatable bonds is 7. The maximum Gasteiger partial charge on any atom is 0.260 e. The fourth-order valence-corrected chi connectivity index (χ4v) is 2.09. The van der Waals surface area contributed by atoms with Crippen molar-refractivity contribution in [2.24, 2.45) is 0 Å². The molecule has 5 heteroatoms. The molecule has 0 aliphatic carbocycles. The van der Waals surface area contributed by atoms with Crippen LogP contribution in [-0.2, 0) is 4.79 Å². The van der Waals surface area contributed by atoms with Crippen LogP contribution in [0.3, 0.4) is 0 Å². The van der Waals surface area contributed by atoms with Gasteiger partial charge in [0.1, 0.15) is 5.75 Å². The molecule has 110 valence electrons. The second-order valence-electron chi connectivity index (χ2n) is 4.58. The summed E-state index contributed by atoms with van der Waals surface area (Å²) in [6.45, 7) is 5.76. The minimum absolute atomic E-state index is 0.144. The van der Waals surface area contributed by atoms with E-state index in [9.17, 15) is 9.59 Å². The van der Waals surface area contributed by atoms with Crippen molar-refractivity contribution in [3.8, 4) is 5.75 Å². The van der Waals surface area contributed by atoms with Crippen molar-refractivity contribution >= 4 is 28.1 Å². The van der Waals surface area contributed by atoms with Gasteiger partial charge in [-0.3, -0.25) is 9.59 Å². The van der Waals surface area contributed by atoms with E-state index in [1.165, 1.54) is 0 Å². The minimum Gasteiger partial charge on any atom is -0.481 e. The summed E-state index contributed by atoms with van der Waals surface area (Å²) in [7, 11) is 0. The molecule has 0 aliphatic rings. The van der Waals surface area contributed by atoms with Crippen molar-refractivity contribution < 1.29 is 14.3 Å². The summed E-state index contributed by atoms with van der Waals surface area (Å²) in [5.74, 6) is 0.358. The fourth-order valence-electron chi connectivity index (χ4n) is 1.75. The van der Waals surface area contributed by atoms with E-state index < -0.39 is 6.10 Å². The molecular weight excluding hydrogens is 322 g/mol. The summed E-state index contributed by atoms with van der Waals surface area (Å²) < 4.78 is 6.27. The van der Waals surface area contributed by atoms with E-state index >= 15 is 0 Å². The third-order valence-corrected chi connectivity index (χ3v) is 3.83. The molecule has 20 heavy (non-hydrogen) atoms. The number of nitrogens with one attached hydrogen (secondary N) is 1. The van der Waals surface area contributed by atoms with E-state index in [0.717, 1.165) is 19.1 Å². The molecule has 1 aromatic rings. The first-order chi connectivity index (χ1) is 9.51. The molecule has 0 saturated carbocycles. The predicted molar refractivity (Wildman–Crippen MR) is 82.1 cm³/mol. The van der Waals surface area contributed by atoms with Gasteiger partial charge in [-0.15, -0.1) is 0 Å². The Morgan fingerprint density at radius 1 is 1.40 bits per heavy atom. The van der Waals surface area contributed by atoms with Crippen LogP contribution in [0.15, 0.2) is 22.7 Å². The second kappa shape index (κ2) is 8.04. The molecule has 0 aromatic heterocycles. The Hall–Kier alpha value is -1.36. The smallest absolute Gasteiger partial charge is 0.260 e. The summed E-state index contributed by atoms with van der Waals surface area (Å²) in [6, 6.07) is 5.23. The van der Waals surface area contributed by atoms with Crippen molar-refractivity contribution in [1.82, 2.24) is 5.32 Å². The quantitative estimate of drug-likeness (QED) is 0.774. The number of carbonyl (C=O) groups is 2. The third-order valence-electron chi connectivity index (χ3n) is 3.11. The van der Waals surface area contributed by atoms with Gasteiger partial charge in [0.05, 0.1) is 0 Å². The first-order valence-electron chi connectivity index (χ1n) is 6.73. The number of amides is 1. The molecule has 1 rings (SSSR count). The van der Waals surface area contributed by atoms with Crippen molar-refractivity contribution in [1.29, 1.82) is 0 Å². The molecule has 0 fully saturated rings. The maximum absolute atomic E-state index is 12.0. The van der Waals surface area contributed by atoms with Crippen LogP contribution in [0.25, 0.3) is 0 Å². The summed E-state index contributed by atoms with van der Waals surface area (Å²) in [6.07, 6.45) is 1.92. The molecule has 1 amide bonds. The molecule has 0 saturated heterocycles. The zero-order chi connectivity index (χ0) is 15.1. The molecule has 1 aromatic carbocycles. The highest BCUT2D eigenvalue weighted by Gasteiger charge is 2.17. The van der Waals surface area contributed by atoms with Gasteiger partial charge in [-0.2, -0.15) is 0 Å². The molecule has 4 nitrogen and oxygen atoms in total. The van der Waals surface area contributed by atoms with E-state index in [4.69, 9.17) is 4.74 Å². The maximum atomic E-state index is 12.0. The highest BCUT2D eigenvalue weighted by molar-refractivity contribution is 9.10. The van der Waals surface area contributed by atoms with Gasteiger partial charge in [-0.1, -0.05) is 29.8 Å². The average Bonchev–Trinajstić information content (AvgIpc) is 2.46. The molecule has 0 aliphatic heterocycles. The number of benzene rings is 1. The molecule has 0 spiro atoms. The second-order valence-corrected chi connectivity index (χ2v) is 5.44. The molecule has 0 heterocycles. The number of aldehydes is 1. The lowest BCUT2D eigenvalue weighted by Gasteiger charge is -2.19. The van der Waals surface area contributed by atoms with Gasteiger partial charge in [0.2, 0.25) is 0 Å². The largest absolute Gasteiger partial charge is 0.481 e. The lowest BCUT2D eigenvalue weighted by molar-refractivity contribution is -0.128. The lowest BCUT2D eigenvalue weighted by Crippen LogP contribution is -2.42. The number of carbonyl (C=O) groups excluding carboxylic acids is 2. The Labute approximate surface area is 128 Å². The summed E-state index contributed by atoms with van der Waals surface area (Å²) in [4.78, 5) is 22.8. The third kappa shape index (κ3) is 4.63. The molecule has 1 atom stereocenters. The molecule has 0 bridgehead atoms. The Balaban J connectivity index is 2.68. The predicted octanol–water partition coefficient (Wildman–Crippen LogP) is 3.33. The fraction of sp³-hybridized carbons (Fsp3) is 0.467. The monoisotopic (exact) mass is 341 g/mol. The van der Waals surface area contributed by atoms with Gasteiger partial charge < -0.3 is 10.1 Å². The Morgan fingerprint density at radius 2 is 2.05 bits per heavy atom. The van der Waals surface area contributed by atoms with Gasteiger partial charge in [-0.05, 0) is 38.0 Å². The molecule has 1 unspecified atom stereocenters. The highest BCUT2D eigenvalue weighted by Crippen LogP contribution is 2.22. The van der Waals surface area contributed by atoms with Crippen LogP contribution in [0.4, 0.5) is 0 Å². The standard InChI is InChI=1S/C15H20BrNO3/c1-4-12(5-2)17-15(19)10(3)20-13-6-7-14(16)11(8-13)9-18/h6-10,12H,4-5H2,1-3H3,(H,17,19). The van der Waals surface area contributed by atoms with Gasteiger partial charge >= 0.3 is 0 Å². The van der Waals surface area contributed by atoms with Gasteiger partial charge in [0.25, 0.3) is 5.91 Å². The Kier molecular flexibility index (Phi) is 6.71. The van der Waals surface area contributed by atoms with Crippen LogP contribution in [0.5, 0.6) is 5.75 Å². The van der Waals surface area contributed by atoms with Crippen molar-refractivity contribution in [3.63, 3.8) is 0 Å². The first-order valence-corrected chi connectivity index (χ1v) is 7.52. The lowest BCUT2D eigenvalue weighted by atomic mass is 10.1. The summed E-state index contributed by atoms with van der Waals surface area (Å²) in [5.41, 5.74) is 0.495. The normalized spacial score (nSPS) is 12.1. The van der Waals surface area contributed by atoms with Gasteiger partial charge in [-0.25, -0.2) is 0 Å². The summed E-state index contributed by atoms with van der Waals surface area (Å²) >= 11 is 3.27. The zero-order valence-corrected chi connectivity index (χ0v) is 13.6. The van der Waals surface area contributed by atoms with E-state index in [0.29, 0.717) is 15.8 Å². The highest BCUT2D eigenvalue weighted by atomic mass is 79.9. The molecular formula is C15H20BrNO3. The van der Waals surface area contributed by atoms with E-state index in [-0.39, 0.29) is 11.9 Å². The van der Waals surface area contributed by atoms with Crippen molar-refractivity contribution in [2.75, 3.05) is 0 Å². The van der Waals surface area contributed by atoms with Crippen LogP contribution in [-0.4, -0.2) is 24.3 Å². The number of ether oxygens (including phenoxy) is 1. The van der Waals surface area contributed by atoms with Gasteiger partial charge in [0.15, 0.2) is 12.4 Å². The number of hydrogen-bond acceptors (Lipinski definition) is 3. The van der Waals surface area contributed by atoms with Crippen LogP contribution in [0, 0.1) is 0 Å². The first kappa shape index (κ1) is 16.7. The Morgan fingerprint density at radius 3 is 2.60 bits per heavy atom. The van der Waals surface area contributed by atoms with Crippen LogP contribution < -0.4 is 10.1 Å². The minimum atomic E-state index is -0.601. The van der Waals surface area contributed by atoms with Crippen LogP contribution in [0.2, 0.25) is 0 Å². The molecule has 0 radical (unpaired) electrons. The van der Waals surface area contributed by atoms with Gasteiger partial charge in [0, 0.05) is 16.1 Å². The topological polar surface area (TPSA) is 55.4 Å². The Bertz CT molecular complexity index is 472. The van der Waals surface area contributed by atoms with E-state index in [1.54, 1.807) is 25.1 Å².